The summed E-state index contributed by atoms with van der Waals surface area (Å²) in [4.78, 5) is 12.5. The maximum atomic E-state index is 13.1. The summed E-state index contributed by atoms with van der Waals surface area (Å²) < 4.78 is 40.4. The third-order valence-electron chi connectivity index (χ3n) is 4.56. The number of nitrogens with one attached hydrogen (secondary N) is 1. The number of hydrogen-bond acceptors (Lipinski definition) is 3. The number of piperidine rings is 1. The average molecular weight is 411 g/mol. The van der Waals surface area contributed by atoms with Crippen LogP contribution in [0.5, 0.6) is 0 Å². The lowest BCUT2D eigenvalue weighted by Crippen LogP contribution is -2.45. The number of rotatable bonds is 5. The largest absolute Gasteiger partial charge is 0.325 e. The summed E-state index contributed by atoms with van der Waals surface area (Å²) >= 11 is 6.05. The van der Waals surface area contributed by atoms with Crippen molar-refractivity contribution in [3.63, 3.8) is 0 Å². The molecule has 0 saturated carbocycles. The van der Waals surface area contributed by atoms with E-state index in [4.69, 9.17) is 11.6 Å². The molecule has 1 heterocycles. The first-order chi connectivity index (χ1) is 12.9. The summed E-state index contributed by atoms with van der Waals surface area (Å²) in [5.74, 6) is -0.794. The van der Waals surface area contributed by atoms with Crippen molar-refractivity contribution in [2.45, 2.75) is 36.6 Å². The minimum atomic E-state index is -3.79. The van der Waals surface area contributed by atoms with Crippen molar-refractivity contribution in [1.29, 1.82) is 0 Å². The van der Waals surface area contributed by atoms with Gasteiger partial charge < -0.3 is 5.32 Å². The SMILES string of the molecule is O=C(C[C@H]1CCCCN1S(=O)(=O)c1ccc(F)cc1)Nc1ccccc1Cl. The van der Waals surface area contributed by atoms with Crippen molar-refractivity contribution in [2.75, 3.05) is 11.9 Å². The van der Waals surface area contributed by atoms with Crippen LogP contribution in [0.2, 0.25) is 5.02 Å². The molecule has 1 saturated heterocycles. The maximum Gasteiger partial charge on any atom is 0.243 e. The highest BCUT2D eigenvalue weighted by atomic mass is 35.5. The number of carbonyl (C=O) groups excluding carboxylic acids is 1. The fourth-order valence-electron chi connectivity index (χ4n) is 3.21. The fraction of sp³-hybridized carbons (Fsp3) is 0.316. The highest BCUT2D eigenvalue weighted by molar-refractivity contribution is 7.89. The Kier molecular flexibility index (Phi) is 6.14. The molecule has 1 amide bonds. The van der Waals surface area contributed by atoms with E-state index in [1.54, 1.807) is 24.3 Å². The Labute approximate surface area is 163 Å². The second-order valence-corrected chi connectivity index (χ2v) is 8.75. The first kappa shape index (κ1) is 19.8. The van der Waals surface area contributed by atoms with Crippen LogP contribution in [0, 0.1) is 5.82 Å². The zero-order valence-electron chi connectivity index (χ0n) is 14.6. The van der Waals surface area contributed by atoms with Gasteiger partial charge in [-0.25, -0.2) is 12.8 Å². The molecule has 2 aromatic rings. The average Bonchev–Trinajstić information content (AvgIpc) is 2.64. The minimum absolute atomic E-state index is 0.0299. The van der Waals surface area contributed by atoms with Crippen molar-refractivity contribution >= 4 is 33.2 Å². The molecule has 1 fully saturated rings. The first-order valence-corrected chi connectivity index (χ1v) is 10.5. The summed E-state index contributed by atoms with van der Waals surface area (Å²) in [6, 6.07) is 11.2. The van der Waals surface area contributed by atoms with E-state index in [1.807, 2.05) is 0 Å². The Balaban J connectivity index is 1.76. The van der Waals surface area contributed by atoms with E-state index >= 15 is 0 Å². The molecule has 0 aromatic heterocycles. The van der Waals surface area contributed by atoms with Gasteiger partial charge in [0.05, 0.1) is 15.6 Å². The van der Waals surface area contributed by atoms with E-state index < -0.39 is 21.9 Å². The first-order valence-electron chi connectivity index (χ1n) is 8.70. The lowest BCUT2D eigenvalue weighted by atomic mass is 10.0. The van der Waals surface area contributed by atoms with E-state index in [0.29, 0.717) is 23.7 Å². The van der Waals surface area contributed by atoms with Gasteiger partial charge in [0.25, 0.3) is 0 Å². The molecule has 27 heavy (non-hydrogen) atoms. The normalized spacial score (nSPS) is 18.2. The Morgan fingerprint density at radius 3 is 2.56 bits per heavy atom. The number of halogens is 2. The van der Waals surface area contributed by atoms with Crippen LogP contribution in [0.1, 0.15) is 25.7 Å². The van der Waals surface area contributed by atoms with E-state index in [2.05, 4.69) is 5.32 Å². The number of hydrogen-bond donors (Lipinski definition) is 1. The lowest BCUT2D eigenvalue weighted by Gasteiger charge is -2.34. The zero-order valence-corrected chi connectivity index (χ0v) is 16.1. The van der Waals surface area contributed by atoms with Crippen LogP contribution < -0.4 is 5.32 Å². The summed E-state index contributed by atoms with van der Waals surface area (Å²) in [6.45, 7) is 0.337. The van der Waals surface area contributed by atoms with Gasteiger partial charge in [0.15, 0.2) is 0 Å². The minimum Gasteiger partial charge on any atom is -0.325 e. The van der Waals surface area contributed by atoms with Gasteiger partial charge in [0.1, 0.15) is 5.82 Å². The van der Waals surface area contributed by atoms with Gasteiger partial charge in [-0.3, -0.25) is 4.79 Å². The van der Waals surface area contributed by atoms with Crippen LogP contribution in [-0.4, -0.2) is 31.2 Å². The van der Waals surface area contributed by atoms with E-state index in [-0.39, 0.29) is 17.2 Å². The van der Waals surface area contributed by atoms with Crippen LogP contribution in [0.25, 0.3) is 0 Å². The number of anilines is 1. The van der Waals surface area contributed by atoms with Crippen LogP contribution in [-0.2, 0) is 14.8 Å². The molecule has 1 aliphatic rings. The third kappa shape index (κ3) is 4.66. The number of benzene rings is 2. The molecule has 1 atom stereocenters. The van der Waals surface area contributed by atoms with E-state index in [1.165, 1.54) is 16.4 Å². The van der Waals surface area contributed by atoms with Crippen molar-refractivity contribution in [3.05, 3.63) is 59.4 Å². The molecule has 5 nitrogen and oxygen atoms in total. The topological polar surface area (TPSA) is 66.5 Å². The highest BCUT2D eigenvalue weighted by Gasteiger charge is 2.34. The molecular weight excluding hydrogens is 391 g/mol. The Bertz CT molecular complexity index is 919. The van der Waals surface area contributed by atoms with Gasteiger partial charge in [0, 0.05) is 19.0 Å². The predicted molar refractivity (Wildman–Crippen MR) is 103 cm³/mol. The Hall–Kier alpha value is -1.96. The summed E-state index contributed by atoms with van der Waals surface area (Å²) in [5, 5.41) is 3.16. The predicted octanol–water partition coefficient (Wildman–Crippen LogP) is 4.05. The van der Waals surface area contributed by atoms with Crippen LogP contribution in [0.3, 0.4) is 0 Å². The van der Waals surface area contributed by atoms with E-state index in [9.17, 15) is 17.6 Å². The van der Waals surface area contributed by atoms with Gasteiger partial charge in [-0.2, -0.15) is 4.31 Å². The molecule has 144 valence electrons. The van der Waals surface area contributed by atoms with E-state index in [0.717, 1.165) is 25.0 Å². The second kappa shape index (κ2) is 8.37. The lowest BCUT2D eigenvalue weighted by molar-refractivity contribution is -0.117. The number of carbonyl (C=O) groups is 1. The fourth-order valence-corrected chi connectivity index (χ4v) is 5.09. The molecule has 3 rings (SSSR count). The molecule has 0 unspecified atom stereocenters. The number of nitrogens with zero attached hydrogens (tertiary/aromatic N) is 1. The van der Waals surface area contributed by atoms with Crippen LogP contribution >= 0.6 is 11.6 Å². The molecule has 2 aromatic carbocycles. The standard InChI is InChI=1S/C19H20ClFN2O3S/c20-17-6-1-2-7-18(17)22-19(24)13-15-5-3-4-12-23(15)27(25,26)16-10-8-14(21)9-11-16/h1-2,6-11,15H,3-5,12-13H2,(H,22,24)/t15-/m1/s1. The molecular formula is C19H20ClFN2O3S. The van der Waals surface area contributed by atoms with Crippen molar-refractivity contribution < 1.29 is 17.6 Å². The molecule has 0 bridgehead atoms. The van der Waals surface area contributed by atoms with Gasteiger partial charge in [0.2, 0.25) is 15.9 Å². The molecule has 0 spiro atoms. The number of amides is 1. The number of para-hydroxylation sites is 1. The molecule has 1 N–H and O–H groups in total. The summed E-state index contributed by atoms with van der Waals surface area (Å²) in [5.41, 5.74) is 0.493. The Morgan fingerprint density at radius 2 is 1.85 bits per heavy atom. The maximum absolute atomic E-state index is 13.1. The second-order valence-electron chi connectivity index (χ2n) is 6.45. The van der Waals surface area contributed by atoms with Crippen molar-refractivity contribution in [3.8, 4) is 0 Å². The van der Waals surface area contributed by atoms with Gasteiger partial charge in [-0.05, 0) is 49.2 Å². The molecule has 1 aliphatic heterocycles. The van der Waals surface area contributed by atoms with Crippen molar-refractivity contribution in [2.24, 2.45) is 0 Å². The van der Waals surface area contributed by atoms with Crippen LogP contribution in [0.15, 0.2) is 53.4 Å². The zero-order chi connectivity index (χ0) is 19.4. The van der Waals surface area contributed by atoms with Crippen molar-refractivity contribution in [1.82, 2.24) is 4.31 Å². The van der Waals surface area contributed by atoms with Gasteiger partial charge >= 0.3 is 0 Å². The van der Waals surface area contributed by atoms with Crippen LogP contribution in [0.4, 0.5) is 10.1 Å². The summed E-state index contributed by atoms with van der Waals surface area (Å²) in [7, 11) is -3.79. The quantitative estimate of drug-likeness (QED) is 0.808. The molecule has 0 radical (unpaired) electrons. The molecule has 8 heteroatoms. The number of sulfonamides is 1. The third-order valence-corrected chi connectivity index (χ3v) is 6.86. The summed E-state index contributed by atoms with van der Waals surface area (Å²) in [6.07, 6.45) is 2.20. The van der Waals surface area contributed by atoms with Gasteiger partial charge in [-0.15, -0.1) is 0 Å². The Morgan fingerprint density at radius 1 is 1.15 bits per heavy atom. The van der Waals surface area contributed by atoms with Gasteiger partial charge in [-0.1, -0.05) is 30.2 Å². The monoisotopic (exact) mass is 410 g/mol. The molecule has 0 aliphatic carbocycles. The highest BCUT2D eigenvalue weighted by Crippen LogP contribution is 2.28. The smallest absolute Gasteiger partial charge is 0.243 e.